The van der Waals surface area contributed by atoms with E-state index >= 15 is 4.39 Å². The van der Waals surface area contributed by atoms with Gasteiger partial charge in [-0.2, -0.15) is 0 Å². The van der Waals surface area contributed by atoms with Crippen LogP contribution in [0.2, 0.25) is 0 Å². The maximum absolute atomic E-state index is 15.9. The standard InChI is InChI=1S/C22H19FN4O6/c1-9-8-27-16-11(6-12-15(13-4-3-5-31-13)26-33-17(12)14(16)23)7-22(18(27)10(2)32-9)19(28)24-21(30)25-20(22)29/h3-6,9-10,18H,7-8H2,1-2H3,(H2,24,25,28,29,30)/t9-,10+,18-/m1/s1. The number of amides is 4. The molecule has 0 saturated carbocycles. The number of benzene rings is 1. The molecule has 2 aromatic heterocycles. The zero-order valence-corrected chi connectivity index (χ0v) is 17.7. The topological polar surface area (TPSA) is 127 Å². The molecule has 1 spiro atoms. The Hall–Kier alpha value is -3.73. The number of aromatic nitrogens is 1. The number of urea groups is 1. The fraction of sp³-hybridized carbons (Fsp3) is 0.364. The number of nitrogens with zero attached hydrogens (tertiary/aromatic N) is 2. The fourth-order valence-electron chi connectivity index (χ4n) is 5.54. The number of rotatable bonds is 1. The number of fused-ring (bicyclic) bond motifs is 5. The Morgan fingerprint density at radius 2 is 1.97 bits per heavy atom. The molecular formula is C22H19FN4O6. The van der Waals surface area contributed by atoms with Gasteiger partial charge in [-0.15, -0.1) is 0 Å². The van der Waals surface area contributed by atoms with Crippen molar-refractivity contribution < 1.29 is 32.5 Å². The summed E-state index contributed by atoms with van der Waals surface area (Å²) in [5.74, 6) is -1.72. The molecule has 3 aliphatic rings. The zero-order valence-electron chi connectivity index (χ0n) is 17.7. The number of imide groups is 2. The number of nitrogens with one attached hydrogen (secondary N) is 2. The molecule has 6 rings (SSSR count). The normalized spacial score (nSPS) is 26.2. The number of carbonyl (C=O) groups is 3. The van der Waals surface area contributed by atoms with Crippen LogP contribution in [0, 0.1) is 11.2 Å². The van der Waals surface area contributed by atoms with Gasteiger partial charge in [0, 0.05) is 13.0 Å². The summed E-state index contributed by atoms with van der Waals surface area (Å²) in [7, 11) is 0. The van der Waals surface area contributed by atoms with Gasteiger partial charge < -0.3 is 18.6 Å². The number of ether oxygens (including phenoxy) is 1. The summed E-state index contributed by atoms with van der Waals surface area (Å²) in [4.78, 5) is 40.0. The third-order valence-electron chi connectivity index (χ3n) is 6.72. The summed E-state index contributed by atoms with van der Waals surface area (Å²) in [6.45, 7) is 3.80. The lowest BCUT2D eigenvalue weighted by Gasteiger charge is -2.55. The minimum atomic E-state index is -1.69. The number of halogens is 1. The average Bonchev–Trinajstić information content (AvgIpc) is 3.41. The van der Waals surface area contributed by atoms with Gasteiger partial charge in [0.15, 0.2) is 22.7 Å². The predicted octanol–water partition coefficient (Wildman–Crippen LogP) is 2.12. The van der Waals surface area contributed by atoms with E-state index < -0.39 is 41.2 Å². The molecular weight excluding hydrogens is 435 g/mol. The minimum Gasteiger partial charge on any atom is -0.463 e. The first kappa shape index (κ1) is 19.9. The summed E-state index contributed by atoms with van der Waals surface area (Å²) < 4.78 is 32.6. The van der Waals surface area contributed by atoms with E-state index in [0.717, 1.165) is 0 Å². The second-order valence-electron chi connectivity index (χ2n) is 8.72. The van der Waals surface area contributed by atoms with Gasteiger partial charge in [0.25, 0.3) is 0 Å². The molecule has 2 N–H and O–H groups in total. The first-order chi connectivity index (χ1) is 15.8. The SMILES string of the molecule is C[C@@H]1CN2c3c(cc4c(-c5ccco5)noc4c3F)CC3(C(=O)NC(=O)NC3=O)[C@H]2[C@H](C)O1. The Morgan fingerprint density at radius 1 is 1.21 bits per heavy atom. The Balaban J connectivity index is 1.61. The van der Waals surface area contributed by atoms with Crippen LogP contribution in [0.25, 0.3) is 22.4 Å². The van der Waals surface area contributed by atoms with Crippen molar-refractivity contribution in [3.63, 3.8) is 0 Å². The molecule has 0 aliphatic carbocycles. The van der Waals surface area contributed by atoms with E-state index in [-0.39, 0.29) is 30.3 Å². The Labute approximate surface area is 186 Å². The molecule has 1 aromatic carbocycles. The molecule has 33 heavy (non-hydrogen) atoms. The van der Waals surface area contributed by atoms with Gasteiger partial charge in [0.2, 0.25) is 17.4 Å². The molecule has 3 aliphatic heterocycles. The van der Waals surface area contributed by atoms with Crippen molar-refractivity contribution in [2.45, 2.75) is 38.5 Å². The number of furan rings is 1. The van der Waals surface area contributed by atoms with Crippen molar-refractivity contribution >= 4 is 34.5 Å². The van der Waals surface area contributed by atoms with Gasteiger partial charge in [-0.05, 0) is 37.6 Å². The summed E-state index contributed by atoms with van der Waals surface area (Å²) >= 11 is 0. The molecule has 170 valence electrons. The quantitative estimate of drug-likeness (QED) is 0.536. The van der Waals surface area contributed by atoms with E-state index in [0.29, 0.717) is 22.4 Å². The van der Waals surface area contributed by atoms with Crippen LogP contribution in [0.3, 0.4) is 0 Å². The number of carbonyl (C=O) groups excluding carboxylic acids is 3. The lowest BCUT2D eigenvalue weighted by Crippen LogP contribution is -2.75. The number of anilines is 1. The highest BCUT2D eigenvalue weighted by Crippen LogP contribution is 2.49. The maximum atomic E-state index is 15.9. The van der Waals surface area contributed by atoms with Crippen molar-refractivity contribution in [2.24, 2.45) is 5.41 Å². The fourth-order valence-corrected chi connectivity index (χ4v) is 5.54. The average molecular weight is 454 g/mol. The molecule has 0 unspecified atom stereocenters. The molecule has 4 amide bonds. The molecule has 0 bridgehead atoms. The van der Waals surface area contributed by atoms with E-state index in [1.165, 1.54) is 6.26 Å². The highest BCUT2D eigenvalue weighted by atomic mass is 19.1. The molecule has 5 heterocycles. The van der Waals surface area contributed by atoms with Crippen LogP contribution < -0.4 is 15.5 Å². The molecule has 2 saturated heterocycles. The van der Waals surface area contributed by atoms with Crippen LogP contribution in [-0.2, 0) is 20.7 Å². The van der Waals surface area contributed by atoms with Gasteiger partial charge in [-0.25, -0.2) is 9.18 Å². The molecule has 0 radical (unpaired) electrons. The van der Waals surface area contributed by atoms with E-state index in [4.69, 9.17) is 13.7 Å². The van der Waals surface area contributed by atoms with Gasteiger partial charge in [-0.3, -0.25) is 20.2 Å². The smallest absolute Gasteiger partial charge is 0.328 e. The molecule has 10 nitrogen and oxygen atoms in total. The Kier molecular flexibility index (Phi) is 4.01. The van der Waals surface area contributed by atoms with E-state index in [1.807, 2.05) is 6.92 Å². The van der Waals surface area contributed by atoms with Crippen LogP contribution in [0.4, 0.5) is 14.9 Å². The lowest BCUT2D eigenvalue weighted by molar-refractivity contribution is -0.153. The highest BCUT2D eigenvalue weighted by molar-refractivity contribution is 6.20. The Bertz CT molecular complexity index is 1310. The summed E-state index contributed by atoms with van der Waals surface area (Å²) in [6, 6.07) is 3.29. The van der Waals surface area contributed by atoms with Crippen molar-refractivity contribution in [3.8, 4) is 11.5 Å². The van der Waals surface area contributed by atoms with E-state index in [1.54, 1.807) is 30.0 Å². The summed E-state index contributed by atoms with van der Waals surface area (Å²) in [6.07, 6.45) is 0.440. The molecule has 2 fully saturated rings. The van der Waals surface area contributed by atoms with Gasteiger partial charge in [0.05, 0.1) is 35.6 Å². The maximum Gasteiger partial charge on any atom is 0.328 e. The van der Waals surface area contributed by atoms with Crippen LogP contribution in [0.15, 0.2) is 33.4 Å². The summed E-state index contributed by atoms with van der Waals surface area (Å²) in [5, 5.41) is 8.78. The lowest BCUT2D eigenvalue weighted by atomic mass is 9.66. The van der Waals surface area contributed by atoms with E-state index in [2.05, 4.69) is 15.8 Å². The van der Waals surface area contributed by atoms with Crippen LogP contribution >= 0.6 is 0 Å². The highest BCUT2D eigenvalue weighted by Gasteiger charge is 2.63. The van der Waals surface area contributed by atoms with Gasteiger partial charge >= 0.3 is 6.03 Å². The number of barbiturate groups is 1. The van der Waals surface area contributed by atoms with Crippen LogP contribution in [-0.4, -0.2) is 47.8 Å². The van der Waals surface area contributed by atoms with Crippen LogP contribution in [0.1, 0.15) is 19.4 Å². The van der Waals surface area contributed by atoms with Gasteiger partial charge in [0.1, 0.15) is 0 Å². The van der Waals surface area contributed by atoms with Crippen molar-refractivity contribution in [1.82, 2.24) is 15.8 Å². The van der Waals surface area contributed by atoms with Crippen molar-refractivity contribution in [1.29, 1.82) is 0 Å². The number of hydrogen-bond acceptors (Lipinski definition) is 8. The van der Waals surface area contributed by atoms with Crippen molar-refractivity contribution in [3.05, 3.63) is 35.8 Å². The van der Waals surface area contributed by atoms with E-state index in [9.17, 15) is 14.4 Å². The van der Waals surface area contributed by atoms with Crippen LogP contribution in [0.5, 0.6) is 0 Å². The van der Waals surface area contributed by atoms with Crippen molar-refractivity contribution in [2.75, 3.05) is 11.4 Å². The molecule has 3 aromatic rings. The third-order valence-corrected chi connectivity index (χ3v) is 6.72. The second-order valence-corrected chi connectivity index (χ2v) is 8.72. The first-order valence-corrected chi connectivity index (χ1v) is 10.5. The minimum absolute atomic E-state index is 0.0469. The first-order valence-electron chi connectivity index (χ1n) is 10.5. The molecule has 3 atom stereocenters. The Morgan fingerprint density at radius 3 is 2.67 bits per heavy atom. The zero-order chi connectivity index (χ0) is 23.1. The second kappa shape index (κ2) is 6.64. The summed E-state index contributed by atoms with van der Waals surface area (Å²) in [5.41, 5.74) is -0.769. The third kappa shape index (κ3) is 2.56. The molecule has 11 heteroatoms. The number of hydrogen-bond donors (Lipinski definition) is 2. The monoisotopic (exact) mass is 454 g/mol. The largest absolute Gasteiger partial charge is 0.463 e. The van der Waals surface area contributed by atoms with Gasteiger partial charge in [-0.1, -0.05) is 5.16 Å². The predicted molar refractivity (Wildman–Crippen MR) is 111 cm³/mol. The number of morpholine rings is 1.